The van der Waals surface area contributed by atoms with Crippen LogP contribution in [0.4, 0.5) is 5.00 Å². The fraction of sp³-hybridized carbons (Fsp3) is 0.400. The Bertz CT molecular complexity index is 1060. The van der Waals surface area contributed by atoms with E-state index in [2.05, 4.69) is 21.6 Å². The summed E-state index contributed by atoms with van der Waals surface area (Å²) in [6.45, 7) is 4.07. The van der Waals surface area contributed by atoms with Crippen molar-refractivity contribution in [3.63, 3.8) is 0 Å². The number of hydrogen-bond acceptors (Lipinski definition) is 7. The van der Waals surface area contributed by atoms with Crippen LogP contribution < -0.4 is 5.32 Å². The van der Waals surface area contributed by atoms with Crippen molar-refractivity contribution in [1.82, 2.24) is 14.8 Å². The third kappa shape index (κ3) is 3.95. The summed E-state index contributed by atoms with van der Waals surface area (Å²) in [5.41, 5.74) is 1.75. The van der Waals surface area contributed by atoms with E-state index in [4.69, 9.17) is 4.42 Å². The second-order valence-electron chi connectivity index (χ2n) is 7.11. The fourth-order valence-corrected chi connectivity index (χ4v) is 5.60. The molecule has 0 aliphatic heterocycles. The zero-order chi connectivity index (χ0) is 20.4. The van der Waals surface area contributed by atoms with Crippen molar-refractivity contribution in [3.8, 4) is 17.7 Å². The molecule has 0 bridgehead atoms. The van der Waals surface area contributed by atoms with Crippen molar-refractivity contribution >= 4 is 34.0 Å². The fourth-order valence-electron chi connectivity index (χ4n) is 3.48. The largest absolute Gasteiger partial charge is 0.461 e. The molecule has 0 saturated carbocycles. The molecule has 1 aliphatic carbocycles. The molecule has 0 atom stereocenters. The predicted molar refractivity (Wildman–Crippen MR) is 113 cm³/mol. The van der Waals surface area contributed by atoms with Crippen molar-refractivity contribution in [1.29, 1.82) is 5.26 Å². The molecule has 1 N–H and O–H groups in total. The van der Waals surface area contributed by atoms with Crippen LogP contribution in [0.25, 0.3) is 11.6 Å². The van der Waals surface area contributed by atoms with Crippen LogP contribution in [0.3, 0.4) is 0 Å². The Kier molecular flexibility index (Phi) is 5.74. The quantitative estimate of drug-likeness (QED) is 0.575. The van der Waals surface area contributed by atoms with Gasteiger partial charge < -0.3 is 9.73 Å². The van der Waals surface area contributed by atoms with Crippen molar-refractivity contribution in [3.05, 3.63) is 34.4 Å². The molecule has 29 heavy (non-hydrogen) atoms. The molecule has 0 aromatic carbocycles. The maximum absolute atomic E-state index is 12.6. The highest BCUT2D eigenvalue weighted by atomic mass is 32.2. The third-order valence-electron chi connectivity index (χ3n) is 4.79. The zero-order valence-electron chi connectivity index (χ0n) is 16.3. The number of nitrogens with zero attached hydrogens (tertiary/aromatic N) is 4. The number of thiophene rings is 1. The summed E-state index contributed by atoms with van der Waals surface area (Å²) in [4.78, 5) is 13.8. The van der Waals surface area contributed by atoms with Crippen molar-refractivity contribution < 1.29 is 9.21 Å². The van der Waals surface area contributed by atoms with Gasteiger partial charge in [-0.15, -0.1) is 21.5 Å². The number of rotatable bonds is 6. The van der Waals surface area contributed by atoms with Gasteiger partial charge in [0.25, 0.3) is 0 Å². The minimum absolute atomic E-state index is 0.116. The van der Waals surface area contributed by atoms with Gasteiger partial charge >= 0.3 is 0 Å². The lowest BCUT2D eigenvalue weighted by Crippen LogP contribution is -2.15. The molecule has 0 radical (unpaired) electrons. The van der Waals surface area contributed by atoms with Crippen molar-refractivity contribution in [2.45, 2.75) is 50.7 Å². The first kappa shape index (κ1) is 19.7. The Hall–Kier alpha value is -2.57. The molecule has 9 heteroatoms. The number of nitrogens with one attached hydrogen (secondary N) is 1. The number of carbonyl (C=O) groups is 1. The van der Waals surface area contributed by atoms with E-state index in [0.29, 0.717) is 27.3 Å². The summed E-state index contributed by atoms with van der Waals surface area (Å²) < 4.78 is 7.41. The number of anilines is 1. The number of aromatic nitrogens is 3. The Labute approximate surface area is 177 Å². The molecule has 0 fully saturated rings. The zero-order valence-corrected chi connectivity index (χ0v) is 17.9. The number of furan rings is 1. The molecule has 0 saturated heterocycles. The lowest BCUT2D eigenvalue weighted by molar-refractivity contribution is -0.113. The van der Waals surface area contributed by atoms with Gasteiger partial charge in [0.2, 0.25) is 11.7 Å². The van der Waals surface area contributed by atoms with Gasteiger partial charge in [0.15, 0.2) is 10.9 Å². The highest BCUT2D eigenvalue weighted by molar-refractivity contribution is 7.99. The lowest BCUT2D eigenvalue weighted by Gasteiger charge is -2.12. The van der Waals surface area contributed by atoms with E-state index < -0.39 is 0 Å². The first-order valence-electron chi connectivity index (χ1n) is 9.54. The first-order chi connectivity index (χ1) is 14.1. The van der Waals surface area contributed by atoms with Crippen LogP contribution in [0, 0.1) is 11.3 Å². The second kappa shape index (κ2) is 8.43. The highest BCUT2D eigenvalue weighted by Gasteiger charge is 2.23. The molecule has 3 heterocycles. The number of amides is 1. The Balaban J connectivity index is 1.47. The molecule has 1 aliphatic rings. The van der Waals surface area contributed by atoms with E-state index in [9.17, 15) is 10.1 Å². The van der Waals surface area contributed by atoms with Gasteiger partial charge in [-0.25, -0.2) is 0 Å². The van der Waals surface area contributed by atoms with Crippen molar-refractivity contribution in [2.75, 3.05) is 11.1 Å². The lowest BCUT2D eigenvalue weighted by atomic mass is 9.96. The van der Waals surface area contributed by atoms with Crippen LogP contribution in [0.5, 0.6) is 0 Å². The molecule has 7 nitrogen and oxygen atoms in total. The van der Waals surface area contributed by atoms with E-state index in [0.717, 1.165) is 31.2 Å². The summed E-state index contributed by atoms with van der Waals surface area (Å²) in [5.74, 6) is 1.33. The summed E-state index contributed by atoms with van der Waals surface area (Å²) in [5, 5.41) is 22.3. The van der Waals surface area contributed by atoms with Gasteiger partial charge in [-0.1, -0.05) is 11.8 Å². The molecule has 3 aromatic heterocycles. The van der Waals surface area contributed by atoms with Crippen LogP contribution in [0.2, 0.25) is 0 Å². The number of thioether (sulfide) groups is 1. The van der Waals surface area contributed by atoms with Crippen LogP contribution in [0.1, 0.15) is 48.7 Å². The average molecular weight is 428 g/mol. The minimum Gasteiger partial charge on any atom is -0.461 e. The number of nitriles is 1. The molecular weight excluding hydrogens is 406 g/mol. The maximum Gasteiger partial charge on any atom is 0.235 e. The molecule has 4 rings (SSSR count). The van der Waals surface area contributed by atoms with Gasteiger partial charge in [0.1, 0.15) is 11.1 Å². The average Bonchev–Trinajstić information content (AvgIpc) is 3.43. The minimum atomic E-state index is -0.150. The summed E-state index contributed by atoms with van der Waals surface area (Å²) >= 11 is 2.86. The number of aryl methyl sites for hydroxylation is 1. The molecule has 3 aromatic rings. The van der Waals surface area contributed by atoms with Gasteiger partial charge in [-0.2, -0.15) is 5.26 Å². The summed E-state index contributed by atoms with van der Waals surface area (Å²) in [6, 6.07) is 6.04. The van der Waals surface area contributed by atoms with E-state index in [1.807, 2.05) is 30.5 Å². The topological polar surface area (TPSA) is 96.7 Å². The molecule has 0 unspecified atom stereocenters. The first-order valence-corrected chi connectivity index (χ1v) is 11.3. The third-order valence-corrected chi connectivity index (χ3v) is 6.94. The van der Waals surface area contributed by atoms with Crippen LogP contribution in [0.15, 0.2) is 28.0 Å². The van der Waals surface area contributed by atoms with Crippen molar-refractivity contribution in [2.24, 2.45) is 0 Å². The molecule has 150 valence electrons. The SMILES string of the molecule is CC(C)n1c(SCC(=O)Nc2sc3c(c2C#N)CCCC3)nnc1-c1ccco1. The molecule has 0 spiro atoms. The molecular formula is C20H21N5O2S2. The van der Waals surface area contributed by atoms with E-state index in [1.54, 1.807) is 6.26 Å². The van der Waals surface area contributed by atoms with Crippen LogP contribution in [-0.2, 0) is 17.6 Å². The standard InChI is InChI=1S/C20H21N5O2S2/c1-12(2)25-18(15-7-5-9-27-15)23-24-20(25)28-11-17(26)22-19-14(10-21)13-6-3-4-8-16(13)29-19/h5,7,9,12H,3-4,6,8,11H2,1-2H3,(H,22,26). The normalized spacial score (nSPS) is 13.3. The van der Waals surface area contributed by atoms with E-state index in [-0.39, 0.29) is 17.7 Å². The number of fused-ring (bicyclic) bond motifs is 1. The number of carbonyl (C=O) groups excluding carboxylic acids is 1. The number of hydrogen-bond donors (Lipinski definition) is 1. The van der Waals surface area contributed by atoms with E-state index in [1.165, 1.54) is 28.0 Å². The summed E-state index contributed by atoms with van der Waals surface area (Å²) in [6.07, 6.45) is 5.76. The van der Waals surface area contributed by atoms with E-state index >= 15 is 0 Å². The van der Waals surface area contributed by atoms with Crippen LogP contribution in [-0.4, -0.2) is 26.4 Å². The molecule has 1 amide bonds. The Morgan fingerprint density at radius 1 is 1.41 bits per heavy atom. The monoisotopic (exact) mass is 427 g/mol. The summed E-state index contributed by atoms with van der Waals surface area (Å²) in [7, 11) is 0. The van der Waals surface area contributed by atoms with Gasteiger partial charge in [0, 0.05) is 10.9 Å². The van der Waals surface area contributed by atoms with Crippen LogP contribution >= 0.6 is 23.1 Å². The highest BCUT2D eigenvalue weighted by Crippen LogP contribution is 2.37. The van der Waals surface area contributed by atoms with Gasteiger partial charge in [0.05, 0.1) is 17.6 Å². The Morgan fingerprint density at radius 2 is 2.24 bits per heavy atom. The predicted octanol–water partition coefficient (Wildman–Crippen LogP) is 4.66. The van der Waals surface area contributed by atoms with Gasteiger partial charge in [-0.05, 0) is 57.2 Å². The maximum atomic E-state index is 12.6. The van der Waals surface area contributed by atoms with Gasteiger partial charge in [-0.3, -0.25) is 9.36 Å². The smallest absolute Gasteiger partial charge is 0.235 e. The second-order valence-corrected chi connectivity index (χ2v) is 9.16. The Morgan fingerprint density at radius 3 is 2.97 bits per heavy atom.